The molecule has 1 aromatic carbocycles. The monoisotopic (exact) mass is 339 g/mol. The molecule has 1 heterocycles. The molecule has 2 rings (SSSR count). The molecule has 0 aliphatic heterocycles. The van der Waals surface area contributed by atoms with Crippen LogP contribution in [0.3, 0.4) is 0 Å². The van der Waals surface area contributed by atoms with Crippen LogP contribution in [-0.4, -0.2) is 5.78 Å². The Hall–Kier alpha value is -1.19. The third-order valence-electron chi connectivity index (χ3n) is 2.89. The summed E-state index contributed by atoms with van der Waals surface area (Å²) in [6.45, 7) is 4.40. The summed E-state index contributed by atoms with van der Waals surface area (Å²) in [6.07, 6.45) is 1.94. The van der Waals surface area contributed by atoms with Gasteiger partial charge in [0.1, 0.15) is 0 Å². The van der Waals surface area contributed by atoms with Gasteiger partial charge in [-0.3, -0.25) is 4.79 Å². The zero-order chi connectivity index (χ0) is 13.1. The smallest absolute Gasteiger partial charge is 0.227 e. The van der Waals surface area contributed by atoms with E-state index < -0.39 is 0 Å². The maximum Gasteiger partial charge on any atom is 0.227 e. The highest BCUT2D eigenvalue weighted by Gasteiger charge is 2.14. The summed E-state index contributed by atoms with van der Waals surface area (Å²) in [4.78, 5) is 12.1. The van der Waals surface area contributed by atoms with Crippen LogP contribution in [0.25, 0.3) is 0 Å². The van der Waals surface area contributed by atoms with Crippen molar-refractivity contribution in [2.45, 2.75) is 20.4 Å². The Morgan fingerprint density at radius 2 is 1.79 bits per heavy atom. The van der Waals surface area contributed by atoms with Crippen molar-refractivity contribution in [3.05, 3.63) is 64.4 Å². The van der Waals surface area contributed by atoms with Crippen LogP contribution in [0.15, 0.2) is 42.6 Å². The van der Waals surface area contributed by atoms with Gasteiger partial charge >= 0.3 is 0 Å². The predicted octanol–water partition coefficient (Wildman–Crippen LogP) is 0.131. The van der Waals surface area contributed by atoms with E-state index in [1.165, 1.54) is 5.56 Å². The number of rotatable bonds is 3. The molecule has 0 unspecified atom stereocenters. The largest absolute Gasteiger partial charge is 1.00 e. The van der Waals surface area contributed by atoms with Gasteiger partial charge in [0.2, 0.25) is 12.3 Å². The van der Waals surface area contributed by atoms with E-state index >= 15 is 0 Å². The fourth-order valence-electron chi connectivity index (χ4n) is 1.84. The first kappa shape index (κ1) is 15.9. The number of Topliss-reactive ketones (excluding diaryl/α,β-unsaturated/α-hetero) is 1. The Balaban J connectivity index is 0.00000180. The molecule has 0 saturated heterocycles. The van der Waals surface area contributed by atoms with Crippen LogP contribution >= 0.6 is 11.6 Å². The molecule has 0 saturated carbocycles. The Morgan fingerprint density at radius 1 is 1.16 bits per heavy atom. The van der Waals surface area contributed by atoms with Crippen LogP contribution in [-0.2, 0) is 6.54 Å². The van der Waals surface area contributed by atoms with Crippen molar-refractivity contribution in [3.8, 4) is 0 Å². The molecule has 0 amide bonds. The normalized spacial score (nSPS) is 9.84. The summed E-state index contributed by atoms with van der Waals surface area (Å²) >= 11 is 5.80. The minimum absolute atomic E-state index is 0. The van der Waals surface area contributed by atoms with E-state index in [-0.39, 0.29) is 22.8 Å². The summed E-state index contributed by atoms with van der Waals surface area (Å²) in [5, 5.41) is 0.644. The van der Waals surface area contributed by atoms with Gasteiger partial charge in [0.15, 0.2) is 11.9 Å². The topological polar surface area (TPSA) is 20.9 Å². The van der Waals surface area contributed by atoms with E-state index in [1.54, 1.807) is 24.3 Å². The Morgan fingerprint density at radius 3 is 2.37 bits per heavy atom. The van der Waals surface area contributed by atoms with Crippen LogP contribution < -0.4 is 21.5 Å². The van der Waals surface area contributed by atoms with Gasteiger partial charge in [-0.1, -0.05) is 11.6 Å². The number of aromatic nitrogens is 1. The van der Waals surface area contributed by atoms with Gasteiger partial charge in [0.25, 0.3) is 0 Å². The molecule has 100 valence electrons. The summed E-state index contributed by atoms with van der Waals surface area (Å²) in [5.74, 6) is 0.0867. The van der Waals surface area contributed by atoms with Crippen molar-refractivity contribution in [3.63, 3.8) is 0 Å². The lowest BCUT2D eigenvalue weighted by Gasteiger charge is -2.02. The molecule has 1 aromatic heterocycles. The van der Waals surface area contributed by atoms with Gasteiger partial charge in [-0.15, -0.1) is 0 Å². The first-order valence-electron chi connectivity index (χ1n) is 5.82. The summed E-state index contributed by atoms with van der Waals surface area (Å²) in [5.41, 5.74) is 2.96. The highest BCUT2D eigenvalue weighted by molar-refractivity contribution is 6.30. The molecule has 0 radical (unpaired) electrons. The number of benzene rings is 1. The number of aryl methyl sites for hydroxylation is 2. The Labute approximate surface area is 128 Å². The second-order valence-electron chi connectivity index (χ2n) is 4.40. The lowest BCUT2D eigenvalue weighted by molar-refractivity contribution is -0.689. The van der Waals surface area contributed by atoms with Crippen LogP contribution in [0.5, 0.6) is 0 Å². The molecular formula is C15H15BrClNO. The number of pyridine rings is 1. The van der Waals surface area contributed by atoms with Crippen molar-refractivity contribution in [2.75, 3.05) is 0 Å². The molecule has 0 aliphatic rings. The van der Waals surface area contributed by atoms with E-state index in [9.17, 15) is 4.79 Å². The number of hydrogen-bond donors (Lipinski definition) is 0. The van der Waals surface area contributed by atoms with E-state index in [4.69, 9.17) is 11.6 Å². The van der Waals surface area contributed by atoms with Gasteiger partial charge in [0.05, 0.1) is 0 Å². The SMILES string of the molecule is Cc1cc[n+](CC(=O)c2ccc(Cl)cc2)c(C)c1.[Br-]. The summed E-state index contributed by atoms with van der Waals surface area (Å²) in [7, 11) is 0. The molecule has 19 heavy (non-hydrogen) atoms. The van der Waals surface area contributed by atoms with Gasteiger partial charge in [-0.05, 0) is 36.8 Å². The van der Waals surface area contributed by atoms with Crippen molar-refractivity contribution in [2.24, 2.45) is 0 Å². The predicted molar refractivity (Wildman–Crippen MR) is 71.9 cm³/mol. The number of halogens is 2. The second-order valence-corrected chi connectivity index (χ2v) is 4.84. The maximum absolute atomic E-state index is 12.1. The molecule has 0 fully saturated rings. The Kier molecular flexibility index (Phi) is 5.70. The highest BCUT2D eigenvalue weighted by atomic mass is 79.9. The van der Waals surface area contributed by atoms with Crippen LogP contribution in [0, 0.1) is 13.8 Å². The Bertz CT molecular complexity index is 581. The van der Waals surface area contributed by atoms with E-state index in [0.29, 0.717) is 17.1 Å². The quantitative estimate of drug-likeness (QED) is 0.575. The van der Waals surface area contributed by atoms with Crippen molar-refractivity contribution in [1.82, 2.24) is 0 Å². The van der Waals surface area contributed by atoms with Gasteiger partial charge < -0.3 is 17.0 Å². The first-order valence-corrected chi connectivity index (χ1v) is 6.19. The van der Waals surface area contributed by atoms with Crippen LogP contribution in [0.4, 0.5) is 0 Å². The van der Waals surface area contributed by atoms with Gasteiger partial charge in [-0.2, -0.15) is 4.57 Å². The molecule has 0 atom stereocenters. The van der Waals surface area contributed by atoms with Gasteiger partial charge in [-0.25, -0.2) is 0 Å². The number of hydrogen-bond acceptors (Lipinski definition) is 1. The number of ketones is 1. The van der Waals surface area contributed by atoms with Gasteiger partial charge in [0, 0.05) is 29.6 Å². The van der Waals surface area contributed by atoms with E-state index in [0.717, 1.165) is 5.69 Å². The van der Waals surface area contributed by atoms with E-state index in [2.05, 4.69) is 6.07 Å². The van der Waals surface area contributed by atoms with Crippen LogP contribution in [0.1, 0.15) is 21.6 Å². The summed E-state index contributed by atoms with van der Waals surface area (Å²) < 4.78 is 1.95. The first-order chi connectivity index (χ1) is 8.56. The zero-order valence-corrected chi connectivity index (χ0v) is 13.2. The van der Waals surface area contributed by atoms with E-state index in [1.807, 2.05) is 30.7 Å². The molecule has 4 heteroatoms. The second kappa shape index (κ2) is 6.83. The minimum atomic E-state index is 0. The third-order valence-corrected chi connectivity index (χ3v) is 3.14. The molecule has 2 aromatic rings. The maximum atomic E-state index is 12.1. The fraction of sp³-hybridized carbons (Fsp3) is 0.200. The molecule has 0 N–H and O–H groups in total. The average molecular weight is 341 g/mol. The van der Waals surface area contributed by atoms with Crippen molar-refractivity contribution >= 4 is 17.4 Å². The lowest BCUT2D eigenvalue weighted by Crippen LogP contribution is -3.00. The van der Waals surface area contributed by atoms with Crippen molar-refractivity contribution < 1.29 is 26.3 Å². The third kappa shape index (κ3) is 4.15. The number of carbonyl (C=O) groups is 1. The molecule has 0 bridgehead atoms. The average Bonchev–Trinajstić information content (AvgIpc) is 2.33. The van der Waals surface area contributed by atoms with Crippen LogP contribution in [0.2, 0.25) is 5.02 Å². The van der Waals surface area contributed by atoms with Crippen molar-refractivity contribution in [1.29, 1.82) is 0 Å². The highest BCUT2D eigenvalue weighted by Crippen LogP contribution is 2.10. The molecule has 2 nitrogen and oxygen atoms in total. The number of nitrogens with zero attached hydrogens (tertiary/aromatic N) is 1. The molecular weight excluding hydrogens is 326 g/mol. The fourth-order valence-corrected chi connectivity index (χ4v) is 1.97. The number of carbonyl (C=O) groups excluding carboxylic acids is 1. The molecule has 0 aliphatic carbocycles. The summed E-state index contributed by atoms with van der Waals surface area (Å²) in [6, 6.07) is 11.1. The standard InChI is InChI=1S/C15H15ClNO.BrH/c1-11-7-8-17(12(2)9-11)10-15(18)13-3-5-14(16)6-4-13;/h3-9H,10H2,1-2H3;1H/q+1;/p-1. The minimum Gasteiger partial charge on any atom is -1.00 e. The lowest BCUT2D eigenvalue weighted by atomic mass is 10.1. The molecule has 0 spiro atoms. The zero-order valence-electron chi connectivity index (χ0n) is 10.9.